The van der Waals surface area contributed by atoms with Gasteiger partial charge in [-0.3, -0.25) is 4.79 Å². The normalized spacial score (nSPS) is 10.3. The molecule has 0 atom stereocenters. The summed E-state index contributed by atoms with van der Waals surface area (Å²) in [6.07, 6.45) is 2.56. The van der Waals surface area contributed by atoms with E-state index in [1.54, 1.807) is 12.1 Å². The van der Waals surface area contributed by atoms with Crippen LogP contribution in [0.3, 0.4) is 0 Å². The average Bonchev–Trinajstić information content (AvgIpc) is 2.12. The molecule has 2 nitrogen and oxygen atoms in total. The summed E-state index contributed by atoms with van der Waals surface area (Å²) < 4.78 is 0. The standard InChI is InChI=1S/C13H18O2/c1-4-5-6-12(15)13-9(2)7-11(14)8-10(13)3/h7-8,14H,4-6H2,1-3H3. The topological polar surface area (TPSA) is 37.3 Å². The molecule has 1 rings (SSSR count). The third-order valence-electron chi connectivity index (χ3n) is 2.55. The van der Waals surface area contributed by atoms with Crippen LogP contribution < -0.4 is 0 Å². The number of hydrogen-bond donors (Lipinski definition) is 1. The molecule has 0 spiro atoms. The zero-order valence-electron chi connectivity index (χ0n) is 9.63. The highest BCUT2D eigenvalue weighted by atomic mass is 16.3. The molecule has 2 heteroatoms. The maximum atomic E-state index is 11.9. The molecule has 0 unspecified atom stereocenters. The highest BCUT2D eigenvalue weighted by molar-refractivity contribution is 5.98. The SMILES string of the molecule is CCCCC(=O)c1c(C)cc(O)cc1C. The lowest BCUT2D eigenvalue weighted by atomic mass is 9.96. The van der Waals surface area contributed by atoms with Gasteiger partial charge in [0.25, 0.3) is 0 Å². The number of phenols is 1. The van der Waals surface area contributed by atoms with E-state index in [2.05, 4.69) is 6.92 Å². The molecule has 0 amide bonds. The Hall–Kier alpha value is -1.31. The minimum absolute atomic E-state index is 0.187. The van der Waals surface area contributed by atoms with Gasteiger partial charge in [-0.05, 0) is 43.5 Å². The Kier molecular flexibility index (Phi) is 3.89. The Labute approximate surface area is 90.9 Å². The Morgan fingerprint density at radius 1 is 1.27 bits per heavy atom. The molecule has 1 N–H and O–H groups in total. The first-order valence-electron chi connectivity index (χ1n) is 5.39. The molecule has 15 heavy (non-hydrogen) atoms. The Balaban J connectivity index is 2.98. The van der Waals surface area contributed by atoms with Crippen LogP contribution in [0.4, 0.5) is 0 Å². The molecular weight excluding hydrogens is 188 g/mol. The zero-order valence-corrected chi connectivity index (χ0v) is 9.63. The third kappa shape index (κ3) is 2.82. The molecule has 0 aliphatic heterocycles. The summed E-state index contributed by atoms with van der Waals surface area (Å²) in [5.41, 5.74) is 2.52. The summed E-state index contributed by atoms with van der Waals surface area (Å²) in [5.74, 6) is 0.420. The van der Waals surface area contributed by atoms with Crippen molar-refractivity contribution in [3.8, 4) is 5.75 Å². The molecule has 82 valence electrons. The summed E-state index contributed by atoms with van der Waals surface area (Å²) in [6.45, 7) is 5.81. The van der Waals surface area contributed by atoms with Crippen LogP contribution in [-0.4, -0.2) is 10.9 Å². The molecule has 0 fully saturated rings. The Morgan fingerprint density at radius 3 is 2.27 bits per heavy atom. The number of carbonyl (C=O) groups excluding carboxylic acids is 1. The van der Waals surface area contributed by atoms with E-state index in [4.69, 9.17) is 0 Å². The van der Waals surface area contributed by atoms with E-state index in [-0.39, 0.29) is 11.5 Å². The van der Waals surface area contributed by atoms with Gasteiger partial charge in [0, 0.05) is 12.0 Å². The predicted octanol–water partition coefficient (Wildman–Crippen LogP) is 3.38. The number of Topliss-reactive ketones (excluding diaryl/α,β-unsaturated/α-hetero) is 1. The van der Waals surface area contributed by atoms with Gasteiger partial charge in [0.1, 0.15) is 5.75 Å². The van der Waals surface area contributed by atoms with Crippen molar-refractivity contribution < 1.29 is 9.90 Å². The van der Waals surface area contributed by atoms with Crippen LogP contribution in [0.1, 0.15) is 47.7 Å². The molecule has 0 bridgehead atoms. The number of aryl methyl sites for hydroxylation is 2. The fourth-order valence-electron chi connectivity index (χ4n) is 1.84. The predicted molar refractivity (Wildman–Crippen MR) is 61.4 cm³/mol. The van der Waals surface area contributed by atoms with E-state index < -0.39 is 0 Å². The monoisotopic (exact) mass is 206 g/mol. The molecule has 1 aromatic rings. The highest BCUT2D eigenvalue weighted by Crippen LogP contribution is 2.22. The second-order valence-electron chi connectivity index (χ2n) is 3.98. The molecule has 0 saturated carbocycles. The van der Waals surface area contributed by atoms with Gasteiger partial charge in [0.2, 0.25) is 0 Å². The summed E-state index contributed by atoms with van der Waals surface area (Å²) in [7, 11) is 0. The number of unbranched alkanes of at least 4 members (excludes halogenated alkanes) is 1. The first-order chi connectivity index (χ1) is 7.06. The molecule has 0 aliphatic rings. The Morgan fingerprint density at radius 2 is 1.80 bits per heavy atom. The smallest absolute Gasteiger partial charge is 0.163 e. The van der Waals surface area contributed by atoms with Crippen LogP contribution >= 0.6 is 0 Å². The van der Waals surface area contributed by atoms with Crippen LogP contribution in [0, 0.1) is 13.8 Å². The molecule has 0 aliphatic carbocycles. The van der Waals surface area contributed by atoms with Crippen LogP contribution in [-0.2, 0) is 0 Å². The zero-order chi connectivity index (χ0) is 11.4. The average molecular weight is 206 g/mol. The van der Waals surface area contributed by atoms with Crippen molar-refractivity contribution >= 4 is 5.78 Å². The van der Waals surface area contributed by atoms with E-state index in [0.717, 1.165) is 29.5 Å². The highest BCUT2D eigenvalue weighted by Gasteiger charge is 2.12. The van der Waals surface area contributed by atoms with Gasteiger partial charge in [-0.15, -0.1) is 0 Å². The summed E-state index contributed by atoms with van der Waals surface area (Å²) in [5, 5.41) is 9.36. The van der Waals surface area contributed by atoms with E-state index in [1.165, 1.54) is 0 Å². The number of hydrogen-bond acceptors (Lipinski definition) is 2. The minimum Gasteiger partial charge on any atom is -0.508 e. The lowest BCUT2D eigenvalue weighted by molar-refractivity contribution is 0.0978. The second kappa shape index (κ2) is 4.96. The van der Waals surface area contributed by atoms with Gasteiger partial charge in [0.05, 0.1) is 0 Å². The molecule has 0 radical (unpaired) electrons. The minimum atomic E-state index is 0.187. The number of benzene rings is 1. The lowest BCUT2D eigenvalue weighted by Gasteiger charge is -2.09. The fraction of sp³-hybridized carbons (Fsp3) is 0.462. The quantitative estimate of drug-likeness (QED) is 0.767. The van der Waals surface area contributed by atoms with Crippen molar-refractivity contribution in [1.29, 1.82) is 0 Å². The first kappa shape index (κ1) is 11.8. The van der Waals surface area contributed by atoms with Gasteiger partial charge < -0.3 is 5.11 Å². The number of ketones is 1. The van der Waals surface area contributed by atoms with Crippen LogP contribution in [0.25, 0.3) is 0 Å². The number of aromatic hydroxyl groups is 1. The third-order valence-corrected chi connectivity index (χ3v) is 2.55. The van der Waals surface area contributed by atoms with Crippen LogP contribution in [0.5, 0.6) is 5.75 Å². The van der Waals surface area contributed by atoms with Crippen molar-refractivity contribution in [1.82, 2.24) is 0 Å². The second-order valence-corrected chi connectivity index (χ2v) is 3.98. The van der Waals surface area contributed by atoms with Crippen LogP contribution in [0.15, 0.2) is 12.1 Å². The van der Waals surface area contributed by atoms with E-state index in [0.29, 0.717) is 6.42 Å². The maximum absolute atomic E-state index is 11.9. The molecule has 0 aromatic heterocycles. The fourth-order valence-corrected chi connectivity index (χ4v) is 1.84. The molecule has 0 saturated heterocycles. The van der Waals surface area contributed by atoms with E-state index in [1.807, 2.05) is 13.8 Å². The number of rotatable bonds is 4. The van der Waals surface area contributed by atoms with Crippen molar-refractivity contribution in [3.05, 3.63) is 28.8 Å². The summed E-state index contributed by atoms with van der Waals surface area (Å²) >= 11 is 0. The van der Waals surface area contributed by atoms with Gasteiger partial charge in [-0.1, -0.05) is 13.3 Å². The number of carbonyl (C=O) groups is 1. The molecule has 1 aromatic carbocycles. The van der Waals surface area contributed by atoms with Gasteiger partial charge in [0.15, 0.2) is 5.78 Å². The molecular formula is C13H18O2. The number of phenolic OH excluding ortho intramolecular Hbond substituents is 1. The Bertz CT molecular complexity index is 344. The van der Waals surface area contributed by atoms with Crippen LogP contribution in [0.2, 0.25) is 0 Å². The first-order valence-corrected chi connectivity index (χ1v) is 5.39. The van der Waals surface area contributed by atoms with Crippen molar-refractivity contribution in [2.75, 3.05) is 0 Å². The van der Waals surface area contributed by atoms with Gasteiger partial charge >= 0.3 is 0 Å². The van der Waals surface area contributed by atoms with E-state index in [9.17, 15) is 9.90 Å². The summed E-state index contributed by atoms with van der Waals surface area (Å²) in [6, 6.07) is 3.29. The van der Waals surface area contributed by atoms with E-state index >= 15 is 0 Å². The van der Waals surface area contributed by atoms with Crippen molar-refractivity contribution in [2.24, 2.45) is 0 Å². The van der Waals surface area contributed by atoms with Gasteiger partial charge in [-0.2, -0.15) is 0 Å². The maximum Gasteiger partial charge on any atom is 0.163 e. The molecule has 0 heterocycles. The summed E-state index contributed by atoms with van der Waals surface area (Å²) in [4.78, 5) is 11.9. The van der Waals surface area contributed by atoms with Gasteiger partial charge in [-0.25, -0.2) is 0 Å². The lowest BCUT2D eigenvalue weighted by Crippen LogP contribution is -2.04. The van der Waals surface area contributed by atoms with Crippen molar-refractivity contribution in [2.45, 2.75) is 40.0 Å². The largest absolute Gasteiger partial charge is 0.508 e. The van der Waals surface area contributed by atoms with Crippen molar-refractivity contribution in [3.63, 3.8) is 0 Å².